The quantitative estimate of drug-likeness (QED) is 0.438. The van der Waals surface area contributed by atoms with Crippen LogP contribution in [0, 0.1) is 5.95 Å². The van der Waals surface area contributed by atoms with Crippen molar-refractivity contribution in [2.45, 2.75) is 44.9 Å². The van der Waals surface area contributed by atoms with Crippen molar-refractivity contribution in [3.05, 3.63) is 23.8 Å². The molecule has 0 radical (unpaired) electrons. The number of carbonyl (C=O) groups excluding carboxylic acids is 1. The van der Waals surface area contributed by atoms with Crippen LogP contribution < -0.4 is 4.90 Å². The number of piperazine rings is 1. The first-order valence-corrected chi connectivity index (χ1v) is 12.4. The van der Waals surface area contributed by atoms with Crippen LogP contribution in [0.2, 0.25) is 18.1 Å². The lowest BCUT2D eigenvalue weighted by Gasteiger charge is -2.44. The molecule has 2 rings (SSSR count). The van der Waals surface area contributed by atoms with Crippen molar-refractivity contribution >= 4 is 26.1 Å². The molecular weight excluding hydrogens is 397 g/mol. The number of ether oxygens (including phenoxy) is 1. The summed E-state index contributed by atoms with van der Waals surface area (Å²) in [4.78, 5) is 29.8. The van der Waals surface area contributed by atoms with Crippen LogP contribution in [0.15, 0.2) is 12.1 Å². The van der Waals surface area contributed by atoms with E-state index in [4.69, 9.17) is 4.43 Å². The summed E-state index contributed by atoms with van der Waals surface area (Å²) in [5, 5.41) is 9.38. The fraction of sp³-hybridized carbons (Fsp3) is 0.632. The summed E-state index contributed by atoms with van der Waals surface area (Å²) >= 11 is 0. The van der Waals surface area contributed by atoms with E-state index in [2.05, 4.69) is 43.6 Å². The summed E-state index contributed by atoms with van der Waals surface area (Å²) in [7, 11) is -0.871. The number of halogens is 1. The number of aromatic nitrogens is 1. The molecule has 1 amide bonds. The molecule has 1 atom stereocenters. The highest BCUT2D eigenvalue weighted by Gasteiger charge is 2.39. The van der Waals surface area contributed by atoms with Crippen molar-refractivity contribution in [1.29, 1.82) is 0 Å². The summed E-state index contributed by atoms with van der Waals surface area (Å²) in [5.41, 5.74) is 0.0959. The minimum Gasteiger partial charge on any atom is -0.465 e. The first kappa shape index (κ1) is 23.1. The fourth-order valence-electron chi connectivity index (χ4n) is 2.87. The number of hydrogen-bond acceptors (Lipinski definition) is 6. The molecule has 29 heavy (non-hydrogen) atoms. The lowest BCUT2D eigenvalue weighted by atomic mass is 10.1. The highest BCUT2D eigenvalue weighted by atomic mass is 28.4. The molecular formula is C19H30FN3O5Si. The van der Waals surface area contributed by atoms with E-state index in [0.29, 0.717) is 6.54 Å². The molecule has 1 unspecified atom stereocenters. The van der Waals surface area contributed by atoms with Crippen molar-refractivity contribution in [3.8, 4) is 0 Å². The van der Waals surface area contributed by atoms with Gasteiger partial charge < -0.3 is 24.1 Å². The smallest absolute Gasteiger partial charge is 0.407 e. The molecule has 0 spiro atoms. The van der Waals surface area contributed by atoms with Crippen LogP contribution in [0.4, 0.5) is 14.9 Å². The average Bonchev–Trinajstić information content (AvgIpc) is 2.64. The Balaban J connectivity index is 2.28. The molecule has 1 N–H and O–H groups in total. The third-order valence-electron chi connectivity index (χ3n) is 5.73. The van der Waals surface area contributed by atoms with E-state index in [0.717, 1.165) is 0 Å². The molecule has 1 aromatic rings. The van der Waals surface area contributed by atoms with Gasteiger partial charge >= 0.3 is 12.1 Å². The maximum atomic E-state index is 14.7. The standard InChI is InChI=1S/C19H30FN3O5Si/c1-19(2,3)29(5,6)28-12-13-11-22(18(25)26)9-10-23(13)15-8-7-14(17(24)27-4)21-16(15)20/h7-8,13H,9-12H2,1-6H3,(H,25,26). The number of pyridine rings is 1. The molecule has 2 heterocycles. The van der Waals surface area contributed by atoms with E-state index in [-0.39, 0.29) is 42.2 Å². The molecule has 0 saturated carbocycles. The Kier molecular flexibility index (Phi) is 6.89. The van der Waals surface area contributed by atoms with Crippen molar-refractivity contribution in [1.82, 2.24) is 9.88 Å². The second-order valence-electron chi connectivity index (χ2n) is 8.65. The maximum Gasteiger partial charge on any atom is 0.407 e. The zero-order valence-electron chi connectivity index (χ0n) is 17.9. The van der Waals surface area contributed by atoms with Crippen LogP contribution in [-0.2, 0) is 9.16 Å². The Morgan fingerprint density at radius 1 is 1.31 bits per heavy atom. The number of carboxylic acid groups (broad SMARTS) is 1. The molecule has 0 aromatic carbocycles. The van der Waals surface area contributed by atoms with Gasteiger partial charge in [0, 0.05) is 19.6 Å². The van der Waals surface area contributed by atoms with Crippen LogP contribution in [0.25, 0.3) is 0 Å². The van der Waals surface area contributed by atoms with Gasteiger partial charge in [-0.2, -0.15) is 4.39 Å². The molecule has 1 aromatic heterocycles. The van der Waals surface area contributed by atoms with Gasteiger partial charge in [-0.15, -0.1) is 0 Å². The minimum absolute atomic E-state index is 0.00600. The lowest BCUT2D eigenvalue weighted by Crippen LogP contribution is -2.58. The lowest BCUT2D eigenvalue weighted by molar-refractivity contribution is 0.0592. The van der Waals surface area contributed by atoms with Crippen molar-refractivity contribution in [3.63, 3.8) is 0 Å². The van der Waals surface area contributed by atoms with E-state index >= 15 is 0 Å². The molecule has 10 heteroatoms. The van der Waals surface area contributed by atoms with Crippen LogP contribution >= 0.6 is 0 Å². The van der Waals surface area contributed by atoms with Gasteiger partial charge in [-0.3, -0.25) is 0 Å². The van der Waals surface area contributed by atoms with Gasteiger partial charge in [-0.05, 0) is 30.3 Å². The van der Waals surface area contributed by atoms with Crippen LogP contribution in [0.5, 0.6) is 0 Å². The predicted octanol–water partition coefficient (Wildman–Crippen LogP) is 3.20. The van der Waals surface area contributed by atoms with Crippen molar-refractivity contribution in [2.75, 3.05) is 38.3 Å². The average molecular weight is 428 g/mol. The highest BCUT2D eigenvalue weighted by molar-refractivity contribution is 6.74. The Morgan fingerprint density at radius 3 is 2.48 bits per heavy atom. The van der Waals surface area contributed by atoms with Gasteiger partial charge in [0.15, 0.2) is 14.0 Å². The van der Waals surface area contributed by atoms with Gasteiger partial charge in [0.1, 0.15) is 0 Å². The number of methoxy groups -OCH3 is 1. The topological polar surface area (TPSA) is 92.2 Å². The summed E-state index contributed by atoms with van der Waals surface area (Å²) < 4.78 is 25.6. The van der Waals surface area contributed by atoms with Crippen molar-refractivity contribution in [2.24, 2.45) is 0 Å². The highest BCUT2D eigenvalue weighted by Crippen LogP contribution is 2.37. The number of esters is 1. The summed E-state index contributed by atoms with van der Waals surface area (Å²) in [6, 6.07) is 2.51. The Labute approximate surface area is 171 Å². The predicted molar refractivity (Wildman–Crippen MR) is 109 cm³/mol. The molecule has 0 bridgehead atoms. The molecule has 1 fully saturated rings. The summed E-state index contributed by atoms with van der Waals surface area (Å²) in [5.74, 6) is -1.52. The number of rotatable bonds is 5. The molecule has 1 aliphatic rings. The number of amides is 1. The first-order chi connectivity index (χ1) is 13.4. The van der Waals surface area contributed by atoms with E-state index in [1.165, 1.54) is 24.1 Å². The Morgan fingerprint density at radius 2 is 1.97 bits per heavy atom. The molecule has 1 saturated heterocycles. The first-order valence-electron chi connectivity index (χ1n) is 9.50. The molecule has 1 aliphatic heterocycles. The van der Waals surface area contributed by atoms with Crippen LogP contribution in [0.1, 0.15) is 31.3 Å². The SMILES string of the molecule is COC(=O)c1ccc(N2CCN(C(=O)O)CC2CO[Si](C)(C)C(C)(C)C)c(F)n1. The normalized spacial score (nSPS) is 18.0. The third-order valence-corrected chi connectivity index (χ3v) is 10.2. The van der Waals surface area contributed by atoms with Gasteiger partial charge in [-0.25, -0.2) is 14.6 Å². The number of hydrogen-bond donors (Lipinski definition) is 1. The van der Waals surface area contributed by atoms with Gasteiger partial charge in [0.05, 0.1) is 25.4 Å². The van der Waals surface area contributed by atoms with Gasteiger partial charge in [0.2, 0.25) is 5.95 Å². The minimum atomic E-state index is -2.07. The number of carbonyl (C=O) groups is 2. The number of anilines is 1. The molecule has 8 nitrogen and oxygen atoms in total. The third kappa shape index (κ3) is 5.24. The van der Waals surface area contributed by atoms with Crippen LogP contribution in [0.3, 0.4) is 0 Å². The number of nitrogens with zero attached hydrogens (tertiary/aromatic N) is 3. The summed E-state index contributed by atoms with van der Waals surface area (Å²) in [6.45, 7) is 11.6. The zero-order valence-corrected chi connectivity index (χ0v) is 18.9. The van der Waals surface area contributed by atoms with Crippen LogP contribution in [-0.4, -0.2) is 74.8 Å². The van der Waals surface area contributed by atoms with E-state index in [1.54, 1.807) is 4.90 Å². The zero-order chi connectivity index (χ0) is 22.0. The largest absolute Gasteiger partial charge is 0.465 e. The van der Waals surface area contributed by atoms with E-state index < -0.39 is 26.3 Å². The van der Waals surface area contributed by atoms with Crippen molar-refractivity contribution < 1.29 is 28.2 Å². The molecule has 0 aliphatic carbocycles. The second-order valence-corrected chi connectivity index (χ2v) is 13.5. The monoisotopic (exact) mass is 427 g/mol. The second kappa shape index (κ2) is 8.66. The molecule has 162 valence electrons. The van der Waals surface area contributed by atoms with Gasteiger partial charge in [0.25, 0.3) is 0 Å². The Bertz CT molecular complexity index is 769. The summed E-state index contributed by atoms with van der Waals surface area (Å²) in [6.07, 6.45) is -1.01. The van der Waals surface area contributed by atoms with E-state index in [1.807, 2.05) is 0 Å². The van der Waals surface area contributed by atoms with Gasteiger partial charge in [-0.1, -0.05) is 20.8 Å². The Hall–Kier alpha value is -2.20. The maximum absolute atomic E-state index is 14.7. The van der Waals surface area contributed by atoms with E-state index in [9.17, 15) is 19.1 Å². The fourth-order valence-corrected chi connectivity index (χ4v) is 3.91.